The summed E-state index contributed by atoms with van der Waals surface area (Å²) < 4.78 is 66.1. The van der Waals surface area contributed by atoms with Gasteiger partial charge in [0.1, 0.15) is 5.69 Å². The molecule has 28 heavy (non-hydrogen) atoms. The Balaban J connectivity index is 2.06. The molecule has 2 rings (SSSR count). The fourth-order valence-corrected chi connectivity index (χ4v) is 3.85. The van der Waals surface area contributed by atoms with E-state index < -0.39 is 44.5 Å². The number of aromatic amines is 1. The summed E-state index contributed by atoms with van der Waals surface area (Å²) in [4.78, 5) is 25.4. The Morgan fingerprint density at radius 1 is 1.18 bits per heavy atom. The first-order valence-corrected chi connectivity index (χ1v) is 9.82. The second-order valence-electron chi connectivity index (χ2n) is 5.51. The highest BCUT2D eigenvalue weighted by molar-refractivity contribution is 9.10. The molecule has 0 aliphatic carbocycles. The lowest BCUT2D eigenvalue weighted by molar-refractivity contribution is -0.139. The number of carbonyl (C=O) groups is 2. The highest BCUT2D eigenvalue weighted by Crippen LogP contribution is 2.33. The maximum atomic E-state index is 13.0. The molecular formula is C15H14BrF3N4O4S. The summed E-state index contributed by atoms with van der Waals surface area (Å²) in [5, 5.41) is 0. The van der Waals surface area contributed by atoms with Crippen LogP contribution in [-0.4, -0.2) is 31.3 Å². The lowest BCUT2D eigenvalue weighted by atomic mass is 10.2. The molecule has 0 saturated carbocycles. The molecule has 13 heteroatoms. The third-order valence-corrected chi connectivity index (χ3v) is 5.46. The second-order valence-corrected chi connectivity index (χ2v) is 8.11. The van der Waals surface area contributed by atoms with Crippen LogP contribution in [0.4, 0.5) is 13.2 Å². The van der Waals surface area contributed by atoms with Crippen LogP contribution in [0.3, 0.4) is 0 Å². The Labute approximate surface area is 166 Å². The number of H-pyrrole nitrogens is 1. The molecule has 0 spiro atoms. The normalized spacial score (nSPS) is 13.0. The molecule has 1 aromatic heterocycles. The van der Waals surface area contributed by atoms with E-state index in [9.17, 15) is 31.2 Å². The highest BCUT2D eigenvalue weighted by Gasteiger charge is 2.37. The summed E-state index contributed by atoms with van der Waals surface area (Å²) in [6.45, 7) is 1.11. The summed E-state index contributed by atoms with van der Waals surface area (Å²) in [6, 6.07) is 3.54. The highest BCUT2D eigenvalue weighted by atomic mass is 79.9. The first-order valence-electron chi connectivity index (χ1n) is 7.54. The standard InChI is InChI=1S/C15H14BrF3N4O4S/c1-8(13(24)21-22-14(25)11-6-9(16)7-20-11)23-28(26,27)12-5-3-2-4-10(12)15(17,18)19/h2-8,20,23H,1H3,(H,21,24)(H,22,25)/t8-/m0/s1. The van der Waals surface area contributed by atoms with Crippen LogP contribution in [0.15, 0.2) is 45.9 Å². The molecule has 2 aromatic rings. The molecular weight excluding hydrogens is 469 g/mol. The summed E-state index contributed by atoms with van der Waals surface area (Å²) in [5.74, 6) is -1.69. The van der Waals surface area contributed by atoms with Crippen molar-refractivity contribution in [3.05, 3.63) is 52.3 Å². The number of nitrogens with one attached hydrogen (secondary N) is 4. The topological polar surface area (TPSA) is 120 Å². The van der Waals surface area contributed by atoms with Crippen molar-refractivity contribution in [2.24, 2.45) is 0 Å². The third kappa shape index (κ3) is 5.33. The number of halogens is 4. The van der Waals surface area contributed by atoms with Crippen molar-refractivity contribution in [1.29, 1.82) is 0 Å². The number of sulfonamides is 1. The Morgan fingerprint density at radius 2 is 1.82 bits per heavy atom. The molecule has 8 nitrogen and oxygen atoms in total. The van der Waals surface area contributed by atoms with E-state index in [4.69, 9.17) is 0 Å². The van der Waals surface area contributed by atoms with Crippen LogP contribution in [-0.2, 0) is 21.0 Å². The van der Waals surface area contributed by atoms with Gasteiger partial charge in [-0.3, -0.25) is 20.4 Å². The van der Waals surface area contributed by atoms with Gasteiger partial charge >= 0.3 is 6.18 Å². The lowest BCUT2D eigenvalue weighted by Gasteiger charge is -2.17. The second kappa shape index (κ2) is 8.32. The van der Waals surface area contributed by atoms with E-state index in [-0.39, 0.29) is 5.69 Å². The zero-order chi connectivity index (χ0) is 21.1. The zero-order valence-electron chi connectivity index (χ0n) is 14.1. The number of carbonyl (C=O) groups excluding carboxylic acids is 2. The molecule has 2 amide bonds. The Bertz CT molecular complexity index is 991. The van der Waals surface area contributed by atoms with Gasteiger partial charge in [-0.25, -0.2) is 8.42 Å². The average Bonchev–Trinajstić information content (AvgIpc) is 3.04. The minimum atomic E-state index is -4.89. The monoisotopic (exact) mass is 482 g/mol. The van der Waals surface area contributed by atoms with Crippen LogP contribution in [0, 0.1) is 0 Å². The Kier molecular flexibility index (Phi) is 6.52. The summed E-state index contributed by atoms with van der Waals surface area (Å²) in [7, 11) is -4.66. The van der Waals surface area contributed by atoms with Gasteiger partial charge in [-0.1, -0.05) is 12.1 Å². The van der Waals surface area contributed by atoms with Gasteiger partial charge in [0.2, 0.25) is 10.0 Å². The molecule has 0 aliphatic heterocycles. The molecule has 0 aliphatic rings. The Hall–Kier alpha value is -2.38. The number of hydrazine groups is 1. The van der Waals surface area contributed by atoms with Gasteiger partial charge in [0.25, 0.3) is 11.8 Å². The van der Waals surface area contributed by atoms with Gasteiger partial charge in [0.05, 0.1) is 16.5 Å². The van der Waals surface area contributed by atoms with Gasteiger partial charge in [-0.05, 0) is 41.1 Å². The van der Waals surface area contributed by atoms with E-state index in [1.807, 2.05) is 15.6 Å². The average molecular weight is 483 g/mol. The van der Waals surface area contributed by atoms with Crippen molar-refractivity contribution in [3.8, 4) is 0 Å². The van der Waals surface area contributed by atoms with Crippen LogP contribution in [0.1, 0.15) is 23.0 Å². The number of aromatic nitrogens is 1. The van der Waals surface area contributed by atoms with Crippen LogP contribution >= 0.6 is 15.9 Å². The summed E-state index contributed by atoms with van der Waals surface area (Å²) >= 11 is 3.12. The van der Waals surface area contributed by atoms with Gasteiger partial charge in [-0.15, -0.1) is 0 Å². The van der Waals surface area contributed by atoms with E-state index in [1.54, 1.807) is 0 Å². The first kappa shape index (κ1) is 21.9. The zero-order valence-corrected chi connectivity index (χ0v) is 16.5. The summed E-state index contributed by atoms with van der Waals surface area (Å²) in [6.07, 6.45) is -3.42. The van der Waals surface area contributed by atoms with Crippen molar-refractivity contribution in [2.45, 2.75) is 24.0 Å². The van der Waals surface area contributed by atoms with E-state index in [0.717, 1.165) is 25.1 Å². The van der Waals surface area contributed by atoms with E-state index in [0.29, 0.717) is 10.5 Å². The number of hydrogen-bond acceptors (Lipinski definition) is 4. The quantitative estimate of drug-likeness (QED) is 0.486. The Morgan fingerprint density at radius 3 is 2.39 bits per heavy atom. The van der Waals surface area contributed by atoms with E-state index >= 15 is 0 Å². The fourth-order valence-electron chi connectivity index (χ4n) is 2.08. The molecule has 1 atom stereocenters. The van der Waals surface area contributed by atoms with E-state index in [2.05, 4.69) is 20.9 Å². The van der Waals surface area contributed by atoms with Crippen molar-refractivity contribution in [2.75, 3.05) is 0 Å². The largest absolute Gasteiger partial charge is 0.417 e. The van der Waals surface area contributed by atoms with Gasteiger partial charge in [-0.2, -0.15) is 17.9 Å². The molecule has 0 bridgehead atoms. The molecule has 0 radical (unpaired) electrons. The maximum absolute atomic E-state index is 13.0. The number of benzene rings is 1. The van der Waals surface area contributed by atoms with Crippen LogP contribution in [0.5, 0.6) is 0 Å². The molecule has 1 heterocycles. The minimum absolute atomic E-state index is 0.111. The van der Waals surface area contributed by atoms with Crippen molar-refractivity contribution in [3.63, 3.8) is 0 Å². The molecule has 0 saturated heterocycles. The number of alkyl halides is 3. The molecule has 152 valence electrons. The third-order valence-electron chi connectivity index (χ3n) is 3.40. The maximum Gasteiger partial charge on any atom is 0.417 e. The fraction of sp³-hybridized carbons (Fsp3) is 0.200. The number of rotatable bonds is 5. The number of hydrogen-bond donors (Lipinski definition) is 4. The van der Waals surface area contributed by atoms with Crippen molar-refractivity contribution in [1.82, 2.24) is 20.6 Å². The number of amides is 2. The smallest absolute Gasteiger partial charge is 0.356 e. The molecule has 0 unspecified atom stereocenters. The van der Waals surface area contributed by atoms with Gasteiger partial charge in [0.15, 0.2) is 0 Å². The van der Waals surface area contributed by atoms with Gasteiger partial charge < -0.3 is 4.98 Å². The van der Waals surface area contributed by atoms with Crippen LogP contribution < -0.4 is 15.6 Å². The SMILES string of the molecule is C[C@H](NS(=O)(=O)c1ccccc1C(F)(F)F)C(=O)NNC(=O)c1cc(Br)c[nH]1. The van der Waals surface area contributed by atoms with Crippen LogP contribution in [0.25, 0.3) is 0 Å². The first-order chi connectivity index (χ1) is 12.9. The molecule has 4 N–H and O–H groups in total. The van der Waals surface area contributed by atoms with Gasteiger partial charge in [0, 0.05) is 10.7 Å². The predicted molar refractivity (Wildman–Crippen MR) is 95.3 cm³/mol. The van der Waals surface area contributed by atoms with E-state index in [1.165, 1.54) is 12.3 Å². The molecule has 0 fully saturated rings. The van der Waals surface area contributed by atoms with Crippen LogP contribution in [0.2, 0.25) is 0 Å². The summed E-state index contributed by atoms with van der Waals surface area (Å²) in [5.41, 5.74) is 2.78. The van der Waals surface area contributed by atoms with Crippen molar-refractivity contribution < 1.29 is 31.2 Å². The van der Waals surface area contributed by atoms with Crippen molar-refractivity contribution >= 4 is 37.8 Å². The lowest BCUT2D eigenvalue weighted by Crippen LogP contribution is -2.51. The minimum Gasteiger partial charge on any atom is -0.356 e. The predicted octanol–water partition coefficient (Wildman–Crippen LogP) is 1.92. The molecule has 1 aromatic carbocycles.